The lowest BCUT2D eigenvalue weighted by molar-refractivity contribution is 0.0896. The molecule has 2 atom stereocenters. The number of fused-ring (bicyclic) bond motifs is 1. The van der Waals surface area contributed by atoms with E-state index in [1.165, 1.54) is 5.56 Å². The molecule has 5 heteroatoms. The third-order valence-corrected chi connectivity index (χ3v) is 4.00. The van der Waals surface area contributed by atoms with Crippen LogP contribution >= 0.6 is 0 Å². The van der Waals surface area contributed by atoms with Gasteiger partial charge in [0.2, 0.25) is 5.76 Å². The van der Waals surface area contributed by atoms with Crippen LogP contribution in [0.3, 0.4) is 0 Å². The standard InChI is InChI=1S/C17H21N3O2/c1-10(2)7-12-9-15(22-20-12)17(21)19-14-8-11-5-3-4-6-13(11)16(14)18/h3-6,9-10,14,16H,7-8,18H2,1-2H3,(H,19,21). The fourth-order valence-corrected chi connectivity index (χ4v) is 2.94. The first-order valence-electron chi connectivity index (χ1n) is 7.64. The molecular weight excluding hydrogens is 278 g/mol. The van der Waals surface area contributed by atoms with Crippen LogP contribution in [-0.2, 0) is 12.8 Å². The van der Waals surface area contributed by atoms with E-state index in [0.29, 0.717) is 5.92 Å². The van der Waals surface area contributed by atoms with Gasteiger partial charge >= 0.3 is 0 Å². The van der Waals surface area contributed by atoms with Crippen molar-refractivity contribution in [3.05, 3.63) is 52.9 Å². The Balaban J connectivity index is 1.67. The molecule has 0 fully saturated rings. The quantitative estimate of drug-likeness (QED) is 0.907. The van der Waals surface area contributed by atoms with Crippen LogP contribution in [0.25, 0.3) is 0 Å². The second-order valence-corrected chi connectivity index (χ2v) is 6.29. The Labute approximate surface area is 129 Å². The lowest BCUT2D eigenvalue weighted by Gasteiger charge is -2.16. The van der Waals surface area contributed by atoms with Gasteiger partial charge in [0.05, 0.1) is 17.8 Å². The third-order valence-electron chi connectivity index (χ3n) is 4.00. The van der Waals surface area contributed by atoms with Gasteiger partial charge in [-0.05, 0) is 29.9 Å². The Hall–Kier alpha value is -2.14. The van der Waals surface area contributed by atoms with Crippen LogP contribution in [0.4, 0.5) is 0 Å². The molecule has 0 saturated heterocycles. The van der Waals surface area contributed by atoms with E-state index < -0.39 is 0 Å². The van der Waals surface area contributed by atoms with E-state index >= 15 is 0 Å². The topological polar surface area (TPSA) is 81.2 Å². The number of amides is 1. The maximum Gasteiger partial charge on any atom is 0.290 e. The second kappa shape index (κ2) is 5.93. The fourth-order valence-electron chi connectivity index (χ4n) is 2.94. The highest BCUT2D eigenvalue weighted by Crippen LogP contribution is 2.29. The van der Waals surface area contributed by atoms with Gasteiger partial charge in [-0.25, -0.2) is 0 Å². The maximum atomic E-state index is 12.3. The van der Waals surface area contributed by atoms with Crippen molar-refractivity contribution in [2.45, 2.75) is 38.8 Å². The van der Waals surface area contributed by atoms with Crippen molar-refractivity contribution in [3.63, 3.8) is 0 Å². The summed E-state index contributed by atoms with van der Waals surface area (Å²) in [6.07, 6.45) is 1.54. The molecule has 2 aromatic rings. The third kappa shape index (κ3) is 2.90. The van der Waals surface area contributed by atoms with Gasteiger partial charge in [-0.1, -0.05) is 43.3 Å². The Bertz CT molecular complexity index is 678. The number of rotatable bonds is 4. The van der Waals surface area contributed by atoms with Crippen molar-refractivity contribution < 1.29 is 9.32 Å². The summed E-state index contributed by atoms with van der Waals surface area (Å²) in [5, 5.41) is 6.90. The summed E-state index contributed by atoms with van der Waals surface area (Å²) in [6.45, 7) is 4.20. The minimum absolute atomic E-state index is 0.108. The molecule has 5 nitrogen and oxygen atoms in total. The highest BCUT2D eigenvalue weighted by Gasteiger charge is 2.31. The van der Waals surface area contributed by atoms with Gasteiger partial charge < -0.3 is 15.6 Å². The molecule has 0 aliphatic heterocycles. The number of carbonyl (C=O) groups is 1. The van der Waals surface area contributed by atoms with Crippen LogP contribution in [0.15, 0.2) is 34.9 Å². The summed E-state index contributed by atoms with van der Waals surface area (Å²) >= 11 is 0. The Morgan fingerprint density at radius 3 is 2.95 bits per heavy atom. The lowest BCUT2D eigenvalue weighted by atomic mass is 10.1. The first kappa shape index (κ1) is 14.8. The first-order valence-corrected chi connectivity index (χ1v) is 7.64. The highest BCUT2D eigenvalue weighted by atomic mass is 16.5. The van der Waals surface area contributed by atoms with E-state index in [2.05, 4.69) is 30.4 Å². The summed E-state index contributed by atoms with van der Waals surface area (Å²) in [4.78, 5) is 12.3. The number of nitrogens with one attached hydrogen (secondary N) is 1. The highest BCUT2D eigenvalue weighted by molar-refractivity contribution is 5.91. The molecule has 1 aromatic heterocycles. The minimum Gasteiger partial charge on any atom is -0.351 e. The Morgan fingerprint density at radius 1 is 1.45 bits per heavy atom. The molecule has 1 aromatic carbocycles. The van der Waals surface area contributed by atoms with E-state index in [9.17, 15) is 4.79 Å². The predicted molar refractivity (Wildman–Crippen MR) is 83.4 cm³/mol. The summed E-state index contributed by atoms with van der Waals surface area (Å²) in [7, 11) is 0. The minimum atomic E-state index is -0.254. The number of aromatic nitrogens is 1. The van der Waals surface area contributed by atoms with E-state index in [1.54, 1.807) is 6.07 Å². The average Bonchev–Trinajstić information content (AvgIpc) is 3.05. The number of nitrogens with two attached hydrogens (primary N) is 1. The smallest absolute Gasteiger partial charge is 0.290 e. The van der Waals surface area contributed by atoms with Gasteiger partial charge in [-0.15, -0.1) is 0 Å². The number of hydrogen-bond donors (Lipinski definition) is 2. The van der Waals surface area contributed by atoms with Crippen molar-refractivity contribution in [2.75, 3.05) is 0 Å². The number of carbonyl (C=O) groups excluding carboxylic acids is 1. The molecule has 1 amide bonds. The molecule has 0 bridgehead atoms. The molecular formula is C17H21N3O2. The monoisotopic (exact) mass is 299 g/mol. The van der Waals surface area contributed by atoms with Crippen LogP contribution in [0.5, 0.6) is 0 Å². The van der Waals surface area contributed by atoms with Gasteiger partial charge in [0.1, 0.15) is 0 Å². The van der Waals surface area contributed by atoms with Crippen molar-refractivity contribution in [2.24, 2.45) is 11.7 Å². The van der Waals surface area contributed by atoms with Gasteiger partial charge in [-0.3, -0.25) is 4.79 Å². The Morgan fingerprint density at radius 2 is 2.23 bits per heavy atom. The number of benzene rings is 1. The molecule has 1 heterocycles. The normalized spacial score (nSPS) is 20.2. The maximum absolute atomic E-state index is 12.3. The van der Waals surface area contributed by atoms with Gasteiger partial charge in [0.15, 0.2) is 0 Å². The number of hydrogen-bond acceptors (Lipinski definition) is 4. The zero-order valence-corrected chi connectivity index (χ0v) is 12.9. The van der Waals surface area contributed by atoms with Gasteiger partial charge in [0, 0.05) is 6.07 Å². The molecule has 116 valence electrons. The van der Waals surface area contributed by atoms with E-state index in [4.69, 9.17) is 10.3 Å². The molecule has 3 N–H and O–H groups in total. The van der Waals surface area contributed by atoms with Crippen LogP contribution < -0.4 is 11.1 Å². The molecule has 1 aliphatic carbocycles. The van der Waals surface area contributed by atoms with Crippen LogP contribution in [0.2, 0.25) is 0 Å². The van der Waals surface area contributed by atoms with Crippen molar-refractivity contribution in [1.82, 2.24) is 10.5 Å². The molecule has 0 radical (unpaired) electrons. The van der Waals surface area contributed by atoms with Crippen molar-refractivity contribution >= 4 is 5.91 Å². The molecule has 2 unspecified atom stereocenters. The summed E-state index contributed by atoms with van der Waals surface area (Å²) in [5.74, 6) is 0.466. The van der Waals surface area contributed by atoms with Crippen LogP contribution in [-0.4, -0.2) is 17.1 Å². The zero-order valence-electron chi connectivity index (χ0n) is 12.9. The SMILES string of the molecule is CC(C)Cc1cc(C(=O)NC2Cc3ccccc3C2N)on1. The van der Waals surface area contributed by atoms with E-state index in [-0.39, 0.29) is 23.8 Å². The van der Waals surface area contributed by atoms with Gasteiger partial charge in [-0.2, -0.15) is 0 Å². The number of nitrogens with zero attached hydrogens (tertiary/aromatic N) is 1. The fraction of sp³-hybridized carbons (Fsp3) is 0.412. The van der Waals surface area contributed by atoms with Crippen LogP contribution in [0.1, 0.15) is 47.3 Å². The summed E-state index contributed by atoms with van der Waals surface area (Å²) in [5.41, 5.74) is 9.33. The molecule has 0 saturated carbocycles. The second-order valence-electron chi connectivity index (χ2n) is 6.29. The molecule has 22 heavy (non-hydrogen) atoms. The van der Waals surface area contributed by atoms with Gasteiger partial charge in [0.25, 0.3) is 5.91 Å². The van der Waals surface area contributed by atoms with Crippen molar-refractivity contribution in [3.8, 4) is 0 Å². The first-order chi connectivity index (χ1) is 10.5. The summed E-state index contributed by atoms with van der Waals surface area (Å²) in [6, 6.07) is 9.45. The largest absolute Gasteiger partial charge is 0.351 e. The molecule has 3 rings (SSSR count). The predicted octanol–water partition coefficient (Wildman–Crippen LogP) is 2.23. The van der Waals surface area contributed by atoms with Crippen molar-refractivity contribution in [1.29, 1.82) is 0 Å². The van der Waals surface area contributed by atoms with E-state index in [0.717, 1.165) is 24.1 Å². The molecule has 1 aliphatic rings. The molecule has 0 spiro atoms. The zero-order chi connectivity index (χ0) is 15.7. The van der Waals surface area contributed by atoms with E-state index in [1.807, 2.05) is 18.2 Å². The lowest BCUT2D eigenvalue weighted by Crippen LogP contribution is -2.40. The summed E-state index contributed by atoms with van der Waals surface area (Å²) < 4.78 is 5.15. The average molecular weight is 299 g/mol. The Kier molecular flexibility index (Phi) is 3.98. The van der Waals surface area contributed by atoms with Crippen LogP contribution in [0, 0.1) is 5.92 Å².